The van der Waals surface area contributed by atoms with E-state index in [2.05, 4.69) is 15.1 Å². The van der Waals surface area contributed by atoms with Crippen LogP contribution >= 0.6 is 0 Å². The average molecular weight is 422 g/mol. The molecule has 0 aliphatic rings. The molecule has 0 fully saturated rings. The number of H-pyrrole nitrogens is 1. The highest BCUT2D eigenvalue weighted by molar-refractivity contribution is 5.98. The van der Waals surface area contributed by atoms with E-state index in [1.807, 2.05) is 80.7 Å². The van der Waals surface area contributed by atoms with Gasteiger partial charge in [-0.25, -0.2) is 4.98 Å². The molecule has 0 atom stereocenters. The monoisotopic (exact) mass is 422 g/mol. The maximum Gasteiger partial charge on any atom is 0.282 e. The fourth-order valence-corrected chi connectivity index (χ4v) is 3.87. The SMILES string of the molecule is Cc1cccc(C)c1OCc1nc2ccccc2c(=O)n1N=Cc1[nH]cc2ccccc12. The lowest BCUT2D eigenvalue weighted by molar-refractivity contribution is 0.285. The summed E-state index contributed by atoms with van der Waals surface area (Å²) in [5.41, 5.74) is 3.27. The number of aromatic nitrogens is 3. The minimum atomic E-state index is -0.234. The molecule has 0 aliphatic carbocycles. The number of hydrogen-bond acceptors (Lipinski definition) is 4. The number of para-hydroxylation sites is 2. The molecule has 6 heteroatoms. The van der Waals surface area contributed by atoms with Gasteiger partial charge in [0.25, 0.3) is 5.56 Å². The molecule has 0 spiro atoms. The van der Waals surface area contributed by atoms with E-state index < -0.39 is 0 Å². The lowest BCUT2D eigenvalue weighted by Gasteiger charge is -2.13. The summed E-state index contributed by atoms with van der Waals surface area (Å²) < 4.78 is 7.43. The molecule has 0 amide bonds. The van der Waals surface area contributed by atoms with Crippen molar-refractivity contribution in [1.82, 2.24) is 14.6 Å². The van der Waals surface area contributed by atoms with Crippen molar-refractivity contribution in [1.29, 1.82) is 0 Å². The molecule has 0 bridgehead atoms. The van der Waals surface area contributed by atoms with Crippen LogP contribution in [0.5, 0.6) is 5.75 Å². The van der Waals surface area contributed by atoms with Gasteiger partial charge in [-0.05, 0) is 42.5 Å². The average Bonchev–Trinajstić information content (AvgIpc) is 3.21. The highest BCUT2D eigenvalue weighted by atomic mass is 16.5. The van der Waals surface area contributed by atoms with Gasteiger partial charge in [0.15, 0.2) is 5.82 Å². The molecule has 0 saturated carbocycles. The number of rotatable bonds is 5. The van der Waals surface area contributed by atoms with Crippen molar-refractivity contribution in [2.45, 2.75) is 20.5 Å². The van der Waals surface area contributed by atoms with E-state index in [9.17, 15) is 4.79 Å². The standard InChI is InChI=1S/C26H22N4O2/c1-17-8-7-9-18(2)25(17)32-16-24-29-22-13-6-5-12-21(22)26(31)30(24)28-15-23-20-11-4-3-10-19(20)14-27-23/h3-15,27H,16H2,1-2H3. The third-order valence-corrected chi connectivity index (χ3v) is 5.51. The Morgan fingerprint density at radius 2 is 1.69 bits per heavy atom. The van der Waals surface area contributed by atoms with E-state index in [1.54, 1.807) is 12.3 Å². The fraction of sp³-hybridized carbons (Fsp3) is 0.115. The molecule has 6 nitrogen and oxygen atoms in total. The second-order valence-corrected chi connectivity index (χ2v) is 7.71. The topological polar surface area (TPSA) is 72.3 Å². The summed E-state index contributed by atoms with van der Waals surface area (Å²) in [5, 5.41) is 7.14. The molecule has 32 heavy (non-hydrogen) atoms. The summed E-state index contributed by atoms with van der Waals surface area (Å²) in [4.78, 5) is 21.2. The van der Waals surface area contributed by atoms with E-state index in [4.69, 9.17) is 4.74 Å². The summed E-state index contributed by atoms with van der Waals surface area (Å²) in [5.74, 6) is 1.23. The number of hydrogen-bond donors (Lipinski definition) is 1. The van der Waals surface area contributed by atoms with Crippen LogP contribution in [-0.2, 0) is 6.61 Å². The van der Waals surface area contributed by atoms with Gasteiger partial charge >= 0.3 is 0 Å². The predicted molar refractivity (Wildman–Crippen MR) is 128 cm³/mol. The third kappa shape index (κ3) is 3.56. The first-order valence-electron chi connectivity index (χ1n) is 10.4. The van der Waals surface area contributed by atoms with Crippen LogP contribution in [0.25, 0.3) is 21.7 Å². The zero-order chi connectivity index (χ0) is 22.1. The molecule has 158 valence electrons. The second-order valence-electron chi connectivity index (χ2n) is 7.71. The minimum Gasteiger partial charge on any atom is -0.485 e. The lowest BCUT2D eigenvalue weighted by atomic mass is 10.1. The van der Waals surface area contributed by atoms with Crippen LogP contribution in [-0.4, -0.2) is 20.9 Å². The van der Waals surface area contributed by atoms with Crippen molar-refractivity contribution < 1.29 is 4.74 Å². The van der Waals surface area contributed by atoms with Crippen molar-refractivity contribution >= 4 is 27.9 Å². The first-order valence-corrected chi connectivity index (χ1v) is 10.4. The van der Waals surface area contributed by atoms with E-state index in [-0.39, 0.29) is 12.2 Å². The molecule has 0 radical (unpaired) electrons. The number of aryl methyl sites for hydroxylation is 2. The first-order chi connectivity index (χ1) is 15.6. The van der Waals surface area contributed by atoms with E-state index in [1.165, 1.54) is 4.68 Å². The van der Waals surface area contributed by atoms with Gasteiger partial charge < -0.3 is 9.72 Å². The van der Waals surface area contributed by atoms with Gasteiger partial charge in [-0.15, -0.1) is 0 Å². The molecule has 5 rings (SSSR count). The number of nitrogens with zero attached hydrogens (tertiary/aromatic N) is 3. The summed E-state index contributed by atoms with van der Waals surface area (Å²) in [7, 11) is 0. The van der Waals surface area contributed by atoms with Crippen LogP contribution < -0.4 is 10.3 Å². The number of benzene rings is 3. The molecule has 0 aliphatic heterocycles. The number of fused-ring (bicyclic) bond motifs is 2. The quantitative estimate of drug-likeness (QED) is 0.407. The van der Waals surface area contributed by atoms with Crippen LogP contribution in [0.4, 0.5) is 0 Å². The van der Waals surface area contributed by atoms with Crippen LogP contribution in [0.3, 0.4) is 0 Å². The second kappa shape index (κ2) is 8.15. The van der Waals surface area contributed by atoms with Crippen molar-refractivity contribution in [3.8, 4) is 5.75 Å². The number of nitrogens with one attached hydrogen (secondary N) is 1. The Bertz CT molecular complexity index is 1510. The first kappa shape index (κ1) is 19.8. The highest BCUT2D eigenvalue weighted by Gasteiger charge is 2.13. The molecule has 0 unspecified atom stereocenters. The van der Waals surface area contributed by atoms with Gasteiger partial charge in [-0.2, -0.15) is 9.78 Å². The summed E-state index contributed by atoms with van der Waals surface area (Å²) in [6.07, 6.45) is 3.58. The van der Waals surface area contributed by atoms with Gasteiger partial charge in [-0.1, -0.05) is 54.6 Å². The minimum absolute atomic E-state index is 0.120. The van der Waals surface area contributed by atoms with Gasteiger partial charge in [0.2, 0.25) is 0 Å². The van der Waals surface area contributed by atoms with Gasteiger partial charge in [-0.3, -0.25) is 4.79 Å². The normalized spacial score (nSPS) is 11.6. The molecule has 2 heterocycles. The summed E-state index contributed by atoms with van der Waals surface area (Å²) in [6, 6.07) is 21.3. The Balaban J connectivity index is 1.58. The zero-order valence-electron chi connectivity index (χ0n) is 17.9. The molecular weight excluding hydrogens is 400 g/mol. The Kier molecular flexibility index (Phi) is 5.03. The van der Waals surface area contributed by atoms with E-state index >= 15 is 0 Å². The summed E-state index contributed by atoms with van der Waals surface area (Å²) >= 11 is 0. The largest absolute Gasteiger partial charge is 0.485 e. The third-order valence-electron chi connectivity index (χ3n) is 5.51. The highest BCUT2D eigenvalue weighted by Crippen LogP contribution is 2.23. The van der Waals surface area contributed by atoms with Crippen molar-refractivity contribution in [3.05, 3.63) is 106 Å². The Morgan fingerprint density at radius 1 is 0.969 bits per heavy atom. The molecule has 5 aromatic rings. The van der Waals surface area contributed by atoms with Gasteiger partial charge in [0, 0.05) is 11.6 Å². The zero-order valence-corrected chi connectivity index (χ0v) is 17.9. The van der Waals surface area contributed by atoms with Crippen LogP contribution in [0.2, 0.25) is 0 Å². The predicted octanol–water partition coefficient (Wildman–Crippen LogP) is 4.96. The Labute approximate surface area is 184 Å². The molecular formula is C26H22N4O2. The molecule has 0 saturated heterocycles. The van der Waals surface area contributed by atoms with Crippen molar-refractivity contribution in [3.63, 3.8) is 0 Å². The van der Waals surface area contributed by atoms with Crippen LogP contribution in [0, 0.1) is 13.8 Å². The van der Waals surface area contributed by atoms with Crippen molar-refractivity contribution in [2.75, 3.05) is 0 Å². The van der Waals surface area contributed by atoms with Crippen LogP contribution in [0.15, 0.2) is 82.8 Å². The lowest BCUT2D eigenvalue weighted by Crippen LogP contribution is -2.23. The van der Waals surface area contributed by atoms with Crippen molar-refractivity contribution in [2.24, 2.45) is 5.10 Å². The molecule has 3 aromatic carbocycles. The van der Waals surface area contributed by atoms with Gasteiger partial charge in [0.05, 0.1) is 22.8 Å². The smallest absolute Gasteiger partial charge is 0.282 e. The van der Waals surface area contributed by atoms with Crippen LogP contribution in [0.1, 0.15) is 22.6 Å². The summed E-state index contributed by atoms with van der Waals surface area (Å²) in [6.45, 7) is 4.12. The fourth-order valence-electron chi connectivity index (χ4n) is 3.87. The Hall–Kier alpha value is -4.19. The molecule has 2 aromatic heterocycles. The number of ether oxygens (including phenoxy) is 1. The maximum atomic E-state index is 13.3. The number of aromatic amines is 1. The van der Waals surface area contributed by atoms with E-state index in [0.29, 0.717) is 16.7 Å². The van der Waals surface area contributed by atoms with Gasteiger partial charge in [0.1, 0.15) is 12.4 Å². The Morgan fingerprint density at radius 3 is 2.50 bits per heavy atom. The maximum absolute atomic E-state index is 13.3. The van der Waals surface area contributed by atoms with E-state index in [0.717, 1.165) is 33.3 Å². The molecule has 1 N–H and O–H groups in total.